The van der Waals surface area contributed by atoms with E-state index in [0.29, 0.717) is 18.6 Å². The summed E-state index contributed by atoms with van der Waals surface area (Å²) >= 11 is 0. The van der Waals surface area contributed by atoms with Crippen LogP contribution in [0.3, 0.4) is 0 Å². The minimum Gasteiger partial charge on any atom is -0.357 e. The van der Waals surface area contributed by atoms with Crippen LogP contribution in [0.25, 0.3) is 0 Å². The van der Waals surface area contributed by atoms with Gasteiger partial charge in [-0.3, -0.25) is 4.99 Å². The van der Waals surface area contributed by atoms with Crippen LogP contribution in [-0.4, -0.2) is 69.0 Å². The second-order valence-corrected chi connectivity index (χ2v) is 8.52. The van der Waals surface area contributed by atoms with Gasteiger partial charge in [0, 0.05) is 37.5 Å². The Hall–Kier alpha value is -0.0900. The van der Waals surface area contributed by atoms with E-state index in [1.807, 2.05) is 6.92 Å². The van der Waals surface area contributed by atoms with Crippen molar-refractivity contribution in [1.82, 2.24) is 15.5 Å². The molecule has 0 aromatic carbocycles. The van der Waals surface area contributed by atoms with E-state index in [0.717, 1.165) is 38.4 Å². The van der Waals surface area contributed by atoms with Crippen molar-refractivity contribution in [3.8, 4) is 0 Å². The maximum Gasteiger partial charge on any atom is 0.191 e. The van der Waals surface area contributed by atoms with Gasteiger partial charge in [0.1, 0.15) is 0 Å². The van der Waals surface area contributed by atoms with Crippen molar-refractivity contribution >= 4 is 39.8 Å². The molecule has 0 radical (unpaired) electrons. The van der Waals surface area contributed by atoms with Crippen LogP contribution in [0.5, 0.6) is 0 Å². The molecule has 0 aromatic rings. The molecule has 0 bridgehead atoms. The number of nitrogens with one attached hydrogen (secondary N) is 2. The van der Waals surface area contributed by atoms with Gasteiger partial charge in [-0.05, 0) is 33.6 Å². The molecule has 0 saturated carbocycles. The van der Waals surface area contributed by atoms with E-state index >= 15 is 0 Å². The molecule has 1 fully saturated rings. The predicted molar refractivity (Wildman–Crippen MR) is 109 cm³/mol. The lowest BCUT2D eigenvalue weighted by Gasteiger charge is -2.35. The van der Waals surface area contributed by atoms with E-state index in [1.54, 1.807) is 6.92 Å². The summed E-state index contributed by atoms with van der Waals surface area (Å²) in [6.45, 7) is 11.4. The number of sulfone groups is 1. The summed E-state index contributed by atoms with van der Waals surface area (Å²) in [5.41, 5.74) is 0. The van der Waals surface area contributed by atoms with Gasteiger partial charge in [-0.15, -0.1) is 24.0 Å². The molecule has 1 rings (SSSR count). The molecule has 1 saturated heterocycles. The topological polar surface area (TPSA) is 73.8 Å². The van der Waals surface area contributed by atoms with Gasteiger partial charge in [0.15, 0.2) is 15.8 Å². The third-order valence-electron chi connectivity index (χ3n) is 4.06. The number of nitrogens with zero attached hydrogens (tertiary/aromatic N) is 2. The number of piperidine rings is 1. The van der Waals surface area contributed by atoms with Crippen LogP contribution in [0.1, 0.15) is 40.5 Å². The first-order chi connectivity index (χ1) is 10.4. The van der Waals surface area contributed by atoms with Crippen molar-refractivity contribution < 1.29 is 8.42 Å². The quantitative estimate of drug-likeness (QED) is 0.342. The van der Waals surface area contributed by atoms with Crippen LogP contribution < -0.4 is 10.6 Å². The molecule has 0 atom stereocenters. The van der Waals surface area contributed by atoms with Gasteiger partial charge in [-0.2, -0.15) is 0 Å². The number of likely N-dealkylation sites (tertiary alicyclic amines) is 1. The maximum atomic E-state index is 11.5. The molecule has 0 aliphatic carbocycles. The molecule has 0 amide bonds. The lowest BCUT2D eigenvalue weighted by Crippen LogP contribution is -2.50. The summed E-state index contributed by atoms with van der Waals surface area (Å²) in [7, 11) is -2.95. The summed E-state index contributed by atoms with van der Waals surface area (Å²) < 4.78 is 23.0. The summed E-state index contributed by atoms with van der Waals surface area (Å²) in [6.07, 6.45) is 2.19. The highest BCUT2D eigenvalue weighted by Crippen LogP contribution is 2.12. The predicted octanol–water partition coefficient (Wildman–Crippen LogP) is 1.47. The molecule has 138 valence electrons. The second-order valence-electron chi connectivity index (χ2n) is 6.05. The number of guanidine groups is 1. The van der Waals surface area contributed by atoms with Gasteiger partial charge in [0.25, 0.3) is 0 Å². The fraction of sp³-hybridized carbons (Fsp3) is 0.933. The number of hydrogen-bond donors (Lipinski definition) is 2. The van der Waals surface area contributed by atoms with E-state index in [-0.39, 0.29) is 35.5 Å². The van der Waals surface area contributed by atoms with Gasteiger partial charge in [0.05, 0.1) is 12.3 Å². The fourth-order valence-electron chi connectivity index (χ4n) is 2.51. The van der Waals surface area contributed by atoms with Crippen molar-refractivity contribution in [2.45, 2.75) is 52.6 Å². The lowest BCUT2D eigenvalue weighted by molar-refractivity contribution is 0.167. The summed E-state index contributed by atoms with van der Waals surface area (Å²) in [6, 6.07) is 1.01. The lowest BCUT2D eigenvalue weighted by atomic mass is 10.0. The van der Waals surface area contributed by atoms with Crippen molar-refractivity contribution in [1.29, 1.82) is 0 Å². The minimum absolute atomic E-state index is 0. The molecular weight excluding hydrogens is 427 g/mol. The highest BCUT2D eigenvalue weighted by atomic mass is 127. The average molecular weight is 460 g/mol. The van der Waals surface area contributed by atoms with Crippen LogP contribution in [0.4, 0.5) is 0 Å². The Balaban J connectivity index is 0.00000484. The van der Waals surface area contributed by atoms with Gasteiger partial charge < -0.3 is 15.5 Å². The highest BCUT2D eigenvalue weighted by Gasteiger charge is 2.21. The van der Waals surface area contributed by atoms with E-state index in [4.69, 9.17) is 0 Å². The van der Waals surface area contributed by atoms with Crippen molar-refractivity contribution in [3.63, 3.8) is 0 Å². The van der Waals surface area contributed by atoms with Crippen molar-refractivity contribution in [2.75, 3.05) is 37.7 Å². The van der Waals surface area contributed by atoms with Crippen LogP contribution in [0, 0.1) is 0 Å². The zero-order valence-corrected chi connectivity index (χ0v) is 18.0. The van der Waals surface area contributed by atoms with E-state index in [9.17, 15) is 8.42 Å². The first kappa shape index (κ1) is 22.9. The van der Waals surface area contributed by atoms with E-state index in [1.165, 1.54) is 0 Å². The Morgan fingerprint density at radius 2 is 1.87 bits per heavy atom. The van der Waals surface area contributed by atoms with Crippen LogP contribution >= 0.6 is 24.0 Å². The van der Waals surface area contributed by atoms with Crippen molar-refractivity contribution in [2.24, 2.45) is 4.99 Å². The van der Waals surface area contributed by atoms with E-state index < -0.39 is 9.84 Å². The number of aliphatic imine (C=N–C) groups is 1. The molecule has 1 aliphatic rings. The van der Waals surface area contributed by atoms with Gasteiger partial charge in [0.2, 0.25) is 0 Å². The molecule has 6 nitrogen and oxygen atoms in total. The largest absolute Gasteiger partial charge is 0.357 e. The minimum atomic E-state index is -2.95. The third kappa shape index (κ3) is 9.09. The Morgan fingerprint density at radius 3 is 2.35 bits per heavy atom. The van der Waals surface area contributed by atoms with Gasteiger partial charge in [-0.25, -0.2) is 8.42 Å². The number of halogens is 1. The standard InChI is InChI=1S/C15H32N4O2S.HI/c1-5-16-15(17-9-12-22(20,21)6-2)18-14-7-10-19(11-8-14)13(3)4;/h13-14H,5-12H2,1-4H3,(H2,16,17,18);1H. The molecule has 23 heavy (non-hydrogen) atoms. The monoisotopic (exact) mass is 460 g/mol. The smallest absolute Gasteiger partial charge is 0.191 e. The number of hydrogen-bond acceptors (Lipinski definition) is 4. The third-order valence-corrected chi connectivity index (χ3v) is 5.74. The highest BCUT2D eigenvalue weighted by molar-refractivity contribution is 14.0. The Morgan fingerprint density at radius 1 is 1.26 bits per heavy atom. The molecular formula is C15H33IN4O2S. The Kier molecular flexibility index (Phi) is 11.4. The van der Waals surface area contributed by atoms with Gasteiger partial charge in [-0.1, -0.05) is 6.92 Å². The number of rotatable bonds is 7. The molecule has 0 aromatic heterocycles. The SMILES string of the molecule is CCNC(=NCCS(=O)(=O)CC)NC1CCN(C(C)C)CC1.I. The fourth-order valence-corrected chi connectivity index (χ4v) is 3.17. The second kappa shape index (κ2) is 11.5. The molecule has 2 N–H and O–H groups in total. The maximum absolute atomic E-state index is 11.5. The Labute approximate surface area is 158 Å². The average Bonchev–Trinajstić information content (AvgIpc) is 2.48. The van der Waals surface area contributed by atoms with Crippen LogP contribution in [0.15, 0.2) is 4.99 Å². The Bertz CT molecular complexity index is 446. The van der Waals surface area contributed by atoms with Crippen LogP contribution in [0.2, 0.25) is 0 Å². The molecule has 0 spiro atoms. The normalized spacial score (nSPS) is 17.9. The molecule has 1 heterocycles. The zero-order valence-electron chi connectivity index (χ0n) is 14.8. The first-order valence-corrected chi connectivity index (χ1v) is 10.2. The van der Waals surface area contributed by atoms with Crippen LogP contribution in [-0.2, 0) is 9.84 Å². The molecule has 1 aliphatic heterocycles. The summed E-state index contributed by atoms with van der Waals surface area (Å²) in [5, 5.41) is 6.64. The van der Waals surface area contributed by atoms with Gasteiger partial charge >= 0.3 is 0 Å². The van der Waals surface area contributed by atoms with Crippen molar-refractivity contribution in [3.05, 3.63) is 0 Å². The first-order valence-electron chi connectivity index (χ1n) is 8.37. The molecule has 8 heteroatoms. The summed E-state index contributed by atoms with van der Waals surface area (Å²) in [4.78, 5) is 6.88. The summed E-state index contributed by atoms with van der Waals surface area (Å²) in [5.74, 6) is 1.03. The van der Waals surface area contributed by atoms with E-state index in [2.05, 4.69) is 34.4 Å². The molecule has 0 unspecified atom stereocenters. The zero-order chi connectivity index (χ0) is 16.6.